The highest BCUT2D eigenvalue weighted by Crippen LogP contribution is 2.41. The molecule has 0 spiro atoms. The van der Waals surface area contributed by atoms with Crippen LogP contribution in [0.3, 0.4) is 0 Å². The maximum absolute atomic E-state index is 12.4. The Balaban J connectivity index is 1.68. The van der Waals surface area contributed by atoms with E-state index in [1.54, 1.807) is 26.4 Å². The Morgan fingerprint density at radius 2 is 1.33 bits per heavy atom. The SMILES string of the molecule is COc1ccc(C(O)(c2ccc(OC)cc2)c2cccc(N(C)c3c(S(=O)[O-])ccc4ccccc34)c2)cc1. The quantitative estimate of drug-likeness (QED) is 0.189. The van der Waals surface area contributed by atoms with E-state index in [1.807, 2.05) is 109 Å². The number of ether oxygens (including phenoxy) is 2. The van der Waals surface area contributed by atoms with Gasteiger partial charge in [-0.1, -0.05) is 66.7 Å². The van der Waals surface area contributed by atoms with Gasteiger partial charge in [-0.15, -0.1) is 0 Å². The second kappa shape index (κ2) is 10.9. The number of fused-ring (bicyclic) bond motifs is 1. The summed E-state index contributed by atoms with van der Waals surface area (Å²) >= 11 is -2.44. The molecule has 0 amide bonds. The van der Waals surface area contributed by atoms with Crippen LogP contribution in [0.15, 0.2) is 114 Å². The van der Waals surface area contributed by atoms with Crippen LogP contribution in [-0.2, 0) is 16.7 Å². The zero-order valence-corrected chi connectivity index (χ0v) is 22.6. The van der Waals surface area contributed by atoms with Gasteiger partial charge >= 0.3 is 0 Å². The Morgan fingerprint density at radius 1 is 0.744 bits per heavy atom. The van der Waals surface area contributed by atoms with Gasteiger partial charge in [-0.25, -0.2) is 0 Å². The van der Waals surface area contributed by atoms with Crippen LogP contribution in [0.5, 0.6) is 11.5 Å². The lowest BCUT2D eigenvalue weighted by Crippen LogP contribution is -2.29. The molecule has 7 heteroatoms. The highest BCUT2D eigenvalue weighted by Gasteiger charge is 2.34. The second-order valence-corrected chi connectivity index (χ2v) is 10.1. The van der Waals surface area contributed by atoms with Gasteiger partial charge in [-0.3, -0.25) is 4.21 Å². The maximum atomic E-state index is 12.4. The summed E-state index contributed by atoms with van der Waals surface area (Å²) in [4.78, 5) is 2.04. The number of anilines is 2. The van der Waals surface area contributed by atoms with E-state index in [2.05, 4.69) is 0 Å². The van der Waals surface area contributed by atoms with Crippen molar-refractivity contribution in [2.75, 3.05) is 26.2 Å². The van der Waals surface area contributed by atoms with E-state index in [9.17, 15) is 13.9 Å². The third-order valence-electron chi connectivity index (χ3n) is 7.05. The molecule has 0 aliphatic carbocycles. The van der Waals surface area contributed by atoms with E-state index in [4.69, 9.17) is 9.47 Å². The first-order valence-electron chi connectivity index (χ1n) is 12.3. The second-order valence-electron chi connectivity index (χ2n) is 9.14. The minimum atomic E-state index is -2.44. The van der Waals surface area contributed by atoms with Crippen LogP contribution in [0.4, 0.5) is 11.4 Å². The summed E-state index contributed by atoms with van der Waals surface area (Å²) in [6, 6.07) is 33.2. The smallest absolute Gasteiger partial charge is 0.140 e. The third-order valence-corrected chi connectivity index (χ3v) is 7.73. The predicted molar refractivity (Wildman–Crippen MR) is 154 cm³/mol. The summed E-state index contributed by atoms with van der Waals surface area (Å²) in [5, 5.41) is 14.2. The molecule has 6 nitrogen and oxygen atoms in total. The molecule has 0 saturated heterocycles. The van der Waals surface area contributed by atoms with Crippen molar-refractivity contribution in [1.29, 1.82) is 0 Å². The molecule has 0 fully saturated rings. The van der Waals surface area contributed by atoms with E-state index in [0.29, 0.717) is 33.9 Å². The van der Waals surface area contributed by atoms with Gasteiger partial charge in [0.25, 0.3) is 0 Å². The molecule has 1 atom stereocenters. The molecular weight excluding hydrogens is 510 g/mol. The first kappa shape index (κ1) is 26.4. The van der Waals surface area contributed by atoms with Crippen LogP contribution in [0.25, 0.3) is 10.8 Å². The predicted octanol–water partition coefficient (Wildman–Crippen LogP) is 6.15. The lowest BCUT2D eigenvalue weighted by Gasteiger charge is -2.32. The Morgan fingerprint density at radius 3 is 1.90 bits per heavy atom. The molecule has 5 aromatic carbocycles. The largest absolute Gasteiger partial charge is 0.768 e. The summed E-state index contributed by atoms with van der Waals surface area (Å²) in [5.74, 6) is 1.36. The Bertz CT molecular complexity index is 1590. The minimum Gasteiger partial charge on any atom is -0.768 e. The fourth-order valence-electron chi connectivity index (χ4n) is 4.95. The van der Waals surface area contributed by atoms with E-state index in [1.165, 1.54) is 0 Å². The number of hydrogen-bond acceptors (Lipinski definition) is 6. The molecule has 0 radical (unpaired) electrons. The average molecular weight is 539 g/mol. The zero-order valence-electron chi connectivity index (χ0n) is 21.8. The highest BCUT2D eigenvalue weighted by molar-refractivity contribution is 7.79. The van der Waals surface area contributed by atoms with E-state index >= 15 is 0 Å². The van der Waals surface area contributed by atoms with Gasteiger partial charge in [0, 0.05) is 23.0 Å². The highest BCUT2D eigenvalue weighted by atomic mass is 32.2. The van der Waals surface area contributed by atoms with Gasteiger partial charge in [0.1, 0.15) is 17.1 Å². The van der Waals surface area contributed by atoms with Gasteiger partial charge in [0.05, 0.1) is 19.9 Å². The third kappa shape index (κ3) is 4.88. The number of rotatable bonds is 8. The Kier molecular flexibility index (Phi) is 7.39. The number of aliphatic hydroxyl groups is 1. The first-order valence-corrected chi connectivity index (χ1v) is 13.4. The van der Waals surface area contributed by atoms with Gasteiger partial charge in [-0.05, 0) is 75.6 Å². The molecule has 5 aromatic rings. The molecule has 0 saturated carbocycles. The molecule has 198 valence electrons. The summed E-state index contributed by atoms with van der Waals surface area (Å²) in [6.07, 6.45) is 0. The lowest BCUT2D eigenvalue weighted by atomic mass is 9.80. The fourth-order valence-corrected chi connectivity index (χ4v) is 5.53. The van der Waals surface area contributed by atoms with Crippen molar-refractivity contribution in [3.63, 3.8) is 0 Å². The molecule has 0 aliphatic rings. The summed E-state index contributed by atoms with van der Waals surface area (Å²) in [5.41, 5.74) is 1.69. The molecule has 39 heavy (non-hydrogen) atoms. The van der Waals surface area contributed by atoms with Crippen molar-refractivity contribution in [3.05, 3.63) is 126 Å². The topological polar surface area (TPSA) is 82.1 Å². The van der Waals surface area contributed by atoms with Gasteiger partial charge < -0.3 is 24.0 Å². The Hall–Kier alpha value is -4.17. The van der Waals surface area contributed by atoms with Gasteiger partial charge in [0.2, 0.25) is 0 Å². The standard InChI is InChI=1S/C32H29NO5S/c1-33(31-29-10-5-4-7-22(29)11-20-30(31)39(35)36)26-9-6-8-25(21-26)32(34,23-12-16-27(37-2)17-13-23)24-14-18-28(38-3)19-15-24/h4-21,34H,1-3H3,(H,35,36)/p-1. The van der Waals surface area contributed by atoms with Crippen molar-refractivity contribution in [1.82, 2.24) is 0 Å². The zero-order chi connectivity index (χ0) is 27.6. The molecule has 0 bridgehead atoms. The van der Waals surface area contributed by atoms with Crippen molar-refractivity contribution < 1.29 is 23.3 Å². The fraction of sp³-hybridized carbons (Fsp3) is 0.125. The molecule has 5 rings (SSSR count). The summed E-state index contributed by atoms with van der Waals surface area (Å²) < 4.78 is 35.1. The minimum absolute atomic E-state index is 0.196. The van der Waals surface area contributed by atoms with Crippen LogP contribution in [0, 0.1) is 0 Å². The van der Waals surface area contributed by atoms with Crippen LogP contribution in [0.1, 0.15) is 16.7 Å². The Labute approximate surface area is 230 Å². The van der Waals surface area contributed by atoms with E-state index in [0.717, 1.165) is 16.5 Å². The molecule has 0 heterocycles. The molecule has 1 unspecified atom stereocenters. The van der Waals surface area contributed by atoms with Crippen LogP contribution in [-0.4, -0.2) is 35.1 Å². The van der Waals surface area contributed by atoms with Crippen LogP contribution < -0.4 is 14.4 Å². The molecule has 0 aliphatic heterocycles. The number of nitrogens with zero attached hydrogens (tertiary/aromatic N) is 1. The van der Waals surface area contributed by atoms with Crippen molar-refractivity contribution >= 4 is 33.2 Å². The average Bonchev–Trinajstić information content (AvgIpc) is 2.99. The normalized spacial score (nSPS) is 12.2. The van der Waals surface area contributed by atoms with E-state index < -0.39 is 16.7 Å². The molecule has 0 aromatic heterocycles. The number of hydrogen-bond donors (Lipinski definition) is 1. The first-order chi connectivity index (χ1) is 18.9. The van der Waals surface area contributed by atoms with Gasteiger partial charge in [0.15, 0.2) is 0 Å². The maximum Gasteiger partial charge on any atom is 0.140 e. The van der Waals surface area contributed by atoms with Crippen molar-refractivity contribution in [2.24, 2.45) is 0 Å². The number of methoxy groups -OCH3 is 2. The summed E-state index contributed by atoms with van der Waals surface area (Å²) in [7, 11) is 5.03. The number of benzene rings is 5. The summed E-state index contributed by atoms with van der Waals surface area (Å²) in [6.45, 7) is 0. The van der Waals surface area contributed by atoms with Gasteiger partial charge in [-0.2, -0.15) is 0 Å². The lowest BCUT2D eigenvalue weighted by molar-refractivity contribution is 0.125. The van der Waals surface area contributed by atoms with Crippen molar-refractivity contribution in [3.8, 4) is 11.5 Å². The van der Waals surface area contributed by atoms with Crippen LogP contribution >= 0.6 is 0 Å². The molecule has 1 N–H and O–H groups in total. The van der Waals surface area contributed by atoms with Crippen molar-refractivity contribution in [2.45, 2.75) is 10.5 Å². The van der Waals surface area contributed by atoms with E-state index in [-0.39, 0.29) is 4.90 Å². The molecular formula is C32H28NO5S-. The van der Waals surface area contributed by atoms with Crippen LogP contribution in [0.2, 0.25) is 0 Å². The monoisotopic (exact) mass is 538 g/mol.